The van der Waals surface area contributed by atoms with Crippen LogP contribution in [0.1, 0.15) is 81.7 Å². The molecule has 33 heavy (non-hydrogen) atoms. The zero-order chi connectivity index (χ0) is 26.5. The van der Waals surface area contributed by atoms with Gasteiger partial charge in [-0.05, 0) is 66.9 Å². The quantitative estimate of drug-likeness (QED) is 0.308. The molecule has 0 spiro atoms. The van der Waals surface area contributed by atoms with E-state index in [-0.39, 0.29) is 64.2 Å². The van der Waals surface area contributed by atoms with Crippen LogP contribution < -0.4 is 5.32 Å². The van der Waals surface area contributed by atoms with E-state index in [2.05, 4.69) is 26.1 Å². The summed E-state index contributed by atoms with van der Waals surface area (Å²) in [7, 11) is 0. The molecule has 0 radical (unpaired) electrons. The van der Waals surface area contributed by atoms with Crippen LogP contribution in [0.25, 0.3) is 0 Å². The molecule has 0 amide bonds. The average molecular weight is 512 g/mol. The largest absolute Gasteiger partial charge is 4.00 e. The van der Waals surface area contributed by atoms with Gasteiger partial charge in [-0.2, -0.15) is 0 Å². The van der Waals surface area contributed by atoms with E-state index in [1.165, 1.54) is 0 Å². The molecule has 1 rings (SSSR count). The molecule has 0 unspecified atom stereocenters. The third-order valence-corrected chi connectivity index (χ3v) is 2.76. The topological polar surface area (TPSA) is 133 Å². The maximum atomic E-state index is 9.60. The first-order valence-electron chi connectivity index (χ1n) is 11.2. The summed E-state index contributed by atoms with van der Waals surface area (Å²) in [6.07, 6.45) is -0.667. The minimum absolute atomic E-state index is 0. The summed E-state index contributed by atoms with van der Waals surface area (Å²) < 4.78 is 0. The molecule has 0 bridgehead atoms. The Kier molecular flexibility index (Phi) is 33.7. The second-order valence-electron chi connectivity index (χ2n) is 9.49. The van der Waals surface area contributed by atoms with Crippen molar-refractivity contribution in [3.63, 3.8) is 0 Å². The van der Waals surface area contributed by atoms with Crippen molar-refractivity contribution in [1.82, 2.24) is 5.32 Å². The van der Waals surface area contributed by atoms with Crippen molar-refractivity contribution in [3.05, 3.63) is 29.8 Å². The average Bonchev–Trinajstić information content (AvgIpc) is 2.53. The Bertz CT molecular complexity index is 471. The number of nitrogens with one attached hydrogen (secondary N) is 1. The van der Waals surface area contributed by atoms with Gasteiger partial charge in [0.2, 0.25) is 0 Å². The molecule has 8 heteroatoms. The van der Waals surface area contributed by atoms with Gasteiger partial charge >= 0.3 is 21.7 Å². The number of phenolic OH excluding ortho intramolecular Hbond substituents is 1. The van der Waals surface area contributed by atoms with Gasteiger partial charge in [-0.1, -0.05) is 39.0 Å². The van der Waals surface area contributed by atoms with E-state index in [9.17, 15) is 10.2 Å². The van der Waals surface area contributed by atoms with Crippen LogP contribution in [-0.4, -0.2) is 67.7 Å². The molecule has 0 aliphatic rings. The van der Waals surface area contributed by atoms with Crippen molar-refractivity contribution in [2.24, 2.45) is 5.41 Å². The minimum Gasteiger partial charge on any atom is -0.508 e. The first kappa shape index (κ1) is 42.6. The number of hydrogen-bond donors (Lipinski definition) is 7. The van der Waals surface area contributed by atoms with Gasteiger partial charge in [-0.25, -0.2) is 0 Å². The second-order valence-corrected chi connectivity index (χ2v) is 9.49. The summed E-state index contributed by atoms with van der Waals surface area (Å²) in [4.78, 5) is 0. The first-order chi connectivity index (χ1) is 14.4. The Morgan fingerprint density at radius 3 is 1.27 bits per heavy atom. The van der Waals surface area contributed by atoms with Crippen molar-refractivity contribution >= 4 is 0 Å². The second kappa shape index (κ2) is 26.1. The van der Waals surface area contributed by atoms with Crippen LogP contribution in [0.4, 0.5) is 0 Å². The van der Waals surface area contributed by atoms with Crippen LogP contribution in [-0.2, 0) is 28.3 Å². The molecule has 1 aromatic rings. The van der Waals surface area contributed by atoms with Gasteiger partial charge in [0.05, 0.1) is 6.61 Å². The van der Waals surface area contributed by atoms with E-state index < -0.39 is 0 Å². The van der Waals surface area contributed by atoms with Gasteiger partial charge in [-0.15, -0.1) is 0 Å². The van der Waals surface area contributed by atoms with E-state index in [4.69, 9.17) is 20.4 Å². The minimum atomic E-state index is -0.167. The van der Waals surface area contributed by atoms with E-state index in [0.717, 1.165) is 5.56 Å². The van der Waals surface area contributed by atoms with Crippen molar-refractivity contribution in [3.8, 4) is 5.75 Å². The van der Waals surface area contributed by atoms with Gasteiger partial charge in [0.15, 0.2) is 0 Å². The van der Waals surface area contributed by atoms with E-state index in [1.54, 1.807) is 67.5 Å². The zero-order valence-electron chi connectivity index (χ0n) is 22.8. The van der Waals surface area contributed by atoms with Gasteiger partial charge < -0.3 is 36.0 Å². The number of aliphatic hydroxyl groups is 5. The van der Waals surface area contributed by atoms with E-state index in [0.29, 0.717) is 12.3 Å². The Balaban J connectivity index is -0.000000126. The summed E-state index contributed by atoms with van der Waals surface area (Å²) >= 11 is 0. The Morgan fingerprint density at radius 2 is 1.03 bits per heavy atom. The molecule has 0 aromatic heterocycles. The number of benzene rings is 1. The van der Waals surface area contributed by atoms with Gasteiger partial charge in [0.1, 0.15) is 5.75 Å². The van der Waals surface area contributed by atoms with E-state index in [1.807, 2.05) is 12.1 Å². The number of para-hydroxylation sites is 1. The van der Waals surface area contributed by atoms with Crippen molar-refractivity contribution in [1.29, 1.82) is 0 Å². The Labute approximate surface area is 218 Å². The third kappa shape index (κ3) is 49.6. The van der Waals surface area contributed by atoms with Gasteiger partial charge in [-0.3, -0.25) is 0 Å². The van der Waals surface area contributed by atoms with Crippen molar-refractivity contribution < 1.29 is 52.4 Å². The number of phenols is 1. The summed E-state index contributed by atoms with van der Waals surface area (Å²) in [5, 5.41) is 54.4. The SMILES string of the molecule is CC(C)(C)[C@@H](CO)NCc1ccccc1O.CC(C)O.CC(C)O.CC(C)O.CC(C)O.[Ti+4]. The fraction of sp³-hybridized carbons (Fsp3) is 0.760. The molecule has 7 N–H and O–H groups in total. The molecule has 1 atom stereocenters. The van der Waals surface area contributed by atoms with Gasteiger partial charge in [0.25, 0.3) is 0 Å². The van der Waals surface area contributed by atoms with Crippen molar-refractivity contribution in [2.75, 3.05) is 6.61 Å². The number of aromatic hydroxyl groups is 1. The molecular formula is C25H53NO6Ti+4. The van der Waals surface area contributed by atoms with Crippen molar-refractivity contribution in [2.45, 2.75) is 113 Å². The van der Waals surface area contributed by atoms with Crippen LogP contribution in [0.15, 0.2) is 24.3 Å². The predicted molar refractivity (Wildman–Crippen MR) is 135 cm³/mol. The molecular weight excluding hydrogens is 458 g/mol. The molecule has 0 saturated carbocycles. The molecule has 0 heterocycles. The third-order valence-electron chi connectivity index (χ3n) is 2.76. The predicted octanol–water partition coefficient (Wildman–Crippen LogP) is 3.43. The summed E-state index contributed by atoms with van der Waals surface area (Å²) in [6, 6.07) is 7.25. The van der Waals surface area contributed by atoms with Crippen LogP contribution in [0.3, 0.4) is 0 Å². The zero-order valence-corrected chi connectivity index (χ0v) is 24.4. The molecule has 194 valence electrons. The molecule has 0 aliphatic heterocycles. The fourth-order valence-electron chi connectivity index (χ4n) is 1.54. The smallest absolute Gasteiger partial charge is 0.508 e. The fourth-order valence-corrected chi connectivity index (χ4v) is 1.54. The molecule has 0 fully saturated rings. The maximum Gasteiger partial charge on any atom is 4.00 e. The first-order valence-corrected chi connectivity index (χ1v) is 11.2. The molecule has 0 aliphatic carbocycles. The van der Waals surface area contributed by atoms with Crippen LogP contribution in [0.2, 0.25) is 0 Å². The summed E-state index contributed by atoms with van der Waals surface area (Å²) in [5.74, 6) is 0.292. The van der Waals surface area contributed by atoms with Crippen LogP contribution >= 0.6 is 0 Å². The monoisotopic (exact) mass is 511 g/mol. The van der Waals surface area contributed by atoms with Crippen LogP contribution in [0, 0.1) is 5.41 Å². The summed E-state index contributed by atoms with van der Waals surface area (Å²) in [6.45, 7) is 20.7. The maximum absolute atomic E-state index is 9.60. The molecule has 0 saturated heterocycles. The Morgan fingerprint density at radius 1 is 0.727 bits per heavy atom. The standard InChI is InChI=1S/C13H21NO2.4C3H8O.Ti/c1-13(2,3)12(9-15)14-8-10-6-4-5-7-11(10)16;4*1-3(2)4;/h4-7,12,14-16H,8-9H2,1-3H3;4*3-4H,1-2H3;/q;;;;;+4/t12-;;;;;/m1...../s1. The number of aliphatic hydroxyl groups excluding tert-OH is 5. The van der Waals surface area contributed by atoms with Crippen LogP contribution in [0.5, 0.6) is 5.75 Å². The van der Waals surface area contributed by atoms with E-state index >= 15 is 0 Å². The molecule has 1 aromatic carbocycles. The normalized spacial score (nSPS) is 11.0. The number of hydrogen-bond acceptors (Lipinski definition) is 7. The number of rotatable bonds is 4. The molecule has 7 nitrogen and oxygen atoms in total. The summed E-state index contributed by atoms with van der Waals surface area (Å²) in [5.41, 5.74) is 0.851. The van der Waals surface area contributed by atoms with Gasteiger partial charge in [0, 0.05) is 42.6 Å². The Hall–Kier alpha value is -0.506.